The summed E-state index contributed by atoms with van der Waals surface area (Å²) in [5.41, 5.74) is 2.56. The van der Waals surface area contributed by atoms with Gasteiger partial charge in [0.05, 0.1) is 39.7 Å². The Kier molecular flexibility index (Phi) is 6.62. The second-order valence-electron chi connectivity index (χ2n) is 7.83. The summed E-state index contributed by atoms with van der Waals surface area (Å²) in [5.74, 6) is 0. The fourth-order valence-corrected chi connectivity index (χ4v) is 4.69. The number of hydrogen-bond acceptors (Lipinski definition) is 9. The van der Waals surface area contributed by atoms with Gasteiger partial charge in [-0.3, -0.25) is 15.1 Å². The second-order valence-corrected chi connectivity index (χ2v) is 9.46. The Hall–Kier alpha value is -4.83. The Balaban J connectivity index is 1.69. The van der Waals surface area contributed by atoms with Crippen LogP contribution in [0.3, 0.4) is 0 Å². The average molecular weight is 505 g/mol. The number of hydrogen-bond donors (Lipinski definition) is 1. The van der Waals surface area contributed by atoms with Crippen LogP contribution in [-0.4, -0.2) is 40.7 Å². The van der Waals surface area contributed by atoms with E-state index in [-0.39, 0.29) is 16.3 Å². The van der Waals surface area contributed by atoms with Gasteiger partial charge in [-0.05, 0) is 42.8 Å². The van der Waals surface area contributed by atoms with E-state index in [9.17, 15) is 18.5 Å². The summed E-state index contributed by atoms with van der Waals surface area (Å²) in [6, 6.07) is 12.5. The number of pyridine rings is 2. The van der Waals surface area contributed by atoms with Crippen molar-refractivity contribution in [2.45, 2.75) is 18.4 Å². The zero-order valence-corrected chi connectivity index (χ0v) is 20.0. The van der Waals surface area contributed by atoms with Gasteiger partial charge in [0, 0.05) is 49.9 Å². The van der Waals surface area contributed by atoms with Crippen LogP contribution in [0, 0.1) is 21.4 Å². The topological polar surface area (TPSA) is 159 Å². The van der Waals surface area contributed by atoms with Crippen molar-refractivity contribution in [2.24, 2.45) is 5.10 Å². The minimum Gasteiger partial charge on any atom is -0.369 e. The molecule has 1 aromatic carbocycles. The van der Waals surface area contributed by atoms with E-state index >= 15 is 0 Å². The predicted molar refractivity (Wildman–Crippen MR) is 132 cm³/mol. The van der Waals surface area contributed by atoms with Crippen LogP contribution in [-0.2, 0) is 16.6 Å². The number of fused-ring (bicyclic) bond motifs is 1. The number of rotatable bonds is 8. The molecule has 0 radical (unpaired) electrons. The smallest absolute Gasteiger partial charge is 0.278 e. The third-order valence-corrected chi connectivity index (χ3v) is 6.64. The highest BCUT2D eigenvalue weighted by Crippen LogP contribution is 2.30. The summed E-state index contributed by atoms with van der Waals surface area (Å²) in [4.78, 5) is 18.2. The maximum absolute atomic E-state index is 13.3. The molecular formula is C23H20N8O4S. The SMILES string of the molecule is C/C(=N\NS(=O)(=O)c1cc([N+](=O)[O-])ccc1N(C)Cc1ccncc1)c1cnn2ccc(C#N)cc12. The van der Waals surface area contributed by atoms with Gasteiger partial charge >= 0.3 is 0 Å². The number of nitrogens with one attached hydrogen (secondary N) is 1. The first kappa shape index (κ1) is 24.3. The molecule has 0 saturated heterocycles. The lowest BCUT2D eigenvalue weighted by Crippen LogP contribution is -2.25. The molecule has 0 saturated carbocycles. The Labute approximate surface area is 206 Å². The lowest BCUT2D eigenvalue weighted by molar-refractivity contribution is -0.385. The van der Waals surface area contributed by atoms with Crippen LogP contribution < -0.4 is 9.73 Å². The van der Waals surface area contributed by atoms with Gasteiger partial charge in [0.2, 0.25) is 0 Å². The highest BCUT2D eigenvalue weighted by atomic mass is 32.2. The number of anilines is 1. The lowest BCUT2D eigenvalue weighted by Gasteiger charge is -2.22. The van der Waals surface area contributed by atoms with Gasteiger partial charge in [-0.1, -0.05) is 0 Å². The molecule has 0 bridgehead atoms. The van der Waals surface area contributed by atoms with E-state index in [1.807, 2.05) is 6.07 Å². The molecule has 0 unspecified atom stereocenters. The molecule has 182 valence electrons. The minimum absolute atomic E-state index is 0.257. The van der Waals surface area contributed by atoms with Crippen molar-refractivity contribution < 1.29 is 13.3 Å². The van der Waals surface area contributed by atoms with Crippen LogP contribution in [0.4, 0.5) is 11.4 Å². The number of non-ortho nitro benzene ring substituents is 1. The molecule has 0 atom stereocenters. The number of hydrazone groups is 1. The molecule has 3 aromatic heterocycles. The molecule has 0 spiro atoms. The van der Waals surface area contributed by atoms with Crippen molar-refractivity contribution in [3.63, 3.8) is 0 Å². The van der Waals surface area contributed by atoms with Crippen molar-refractivity contribution >= 4 is 32.6 Å². The maximum Gasteiger partial charge on any atom is 0.278 e. The molecule has 3 heterocycles. The number of nitro benzene ring substituents is 1. The normalized spacial score (nSPS) is 11.8. The first-order chi connectivity index (χ1) is 17.2. The Bertz CT molecular complexity index is 1630. The third kappa shape index (κ3) is 4.98. The minimum atomic E-state index is -4.31. The van der Waals surface area contributed by atoms with Crippen LogP contribution in [0.1, 0.15) is 23.6 Å². The molecular weight excluding hydrogens is 484 g/mol. The molecule has 4 aromatic rings. The number of nitro groups is 1. The van der Waals surface area contributed by atoms with Crippen molar-refractivity contribution in [1.82, 2.24) is 19.4 Å². The highest BCUT2D eigenvalue weighted by Gasteiger charge is 2.24. The van der Waals surface area contributed by atoms with Crippen LogP contribution in [0.2, 0.25) is 0 Å². The summed E-state index contributed by atoms with van der Waals surface area (Å²) in [5, 5.41) is 28.7. The van der Waals surface area contributed by atoms with Crippen molar-refractivity contribution in [1.29, 1.82) is 5.26 Å². The van der Waals surface area contributed by atoms with Gasteiger partial charge in [-0.15, -0.1) is 0 Å². The standard InChI is InChI=1S/C23H20N8O4S/c1-16(20-14-26-30-10-7-18(13-24)11-22(20)30)27-28-36(34,35)23-12-19(31(32)33)3-4-21(23)29(2)15-17-5-8-25-9-6-17/h3-12,14,28H,15H2,1-2H3/b27-16+. The lowest BCUT2D eigenvalue weighted by atomic mass is 10.1. The fourth-order valence-electron chi connectivity index (χ4n) is 3.56. The van der Waals surface area contributed by atoms with Gasteiger partial charge in [0.15, 0.2) is 0 Å². The molecule has 0 fully saturated rings. The first-order valence-corrected chi connectivity index (χ1v) is 12.0. The molecule has 4 rings (SSSR count). The van der Waals surface area contributed by atoms with Gasteiger partial charge in [-0.25, -0.2) is 4.52 Å². The molecule has 0 aliphatic heterocycles. The van der Waals surface area contributed by atoms with Crippen LogP contribution in [0.5, 0.6) is 0 Å². The van der Waals surface area contributed by atoms with Gasteiger partial charge in [0.25, 0.3) is 15.7 Å². The maximum atomic E-state index is 13.3. The van der Waals surface area contributed by atoms with E-state index in [2.05, 4.69) is 20.0 Å². The number of aromatic nitrogens is 3. The third-order valence-electron chi connectivity index (χ3n) is 5.40. The zero-order chi connectivity index (χ0) is 25.9. The highest BCUT2D eigenvalue weighted by molar-refractivity contribution is 7.89. The summed E-state index contributed by atoms with van der Waals surface area (Å²) < 4.78 is 28.1. The van der Waals surface area contributed by atoms with Gasteiger partial charge in [0.1, 0.15) is 4.90 Å². The monoisotopic (exact) mass is 504 g/mol. The molecule has 13 heteroatoms. The largest absolute Gasteiger partial charge is 0.369 e. The fraction of sp³-hybridized carbons (Fsp3) is 0.130. The quantitative estimate of drug-likeness (QED) is 0.218. The van der Waals surface area contributed by atoms with E-state index in [1.165, 1.54) is 22.8 Å². The molecule has 0 aliphatic carbocycles. The number of benzene rings is 1. The summed E-state index contributed by atoms with van der Waals surface area (Å²) in [6.07, 6.45) is 6.36. The Morgan fingerprint density at radius 3 is 2.69 bits per heavy atom. The predicted octanol–water partition coefficient (Wildman–Crippen LogP) is 2.85. The van der Waals surface area contributed by atoms with Crippen LogP contribution in [0.15, 0.2) is 77.2 Å². The Morgan fingerprint density at radius 1 is 1.25 bits per heavy atom. The van der Waals surface area contributed by atoms with E-state index in [1.54, 1.807) is 61.7 Å². The number of nitrogens with zero attached hydrogens (tertiary/aromatic N) is 7. The molecule has 0 amide bonds. The summed E-state index contributed by atoms with van der Waals surface area (Å²) in [7, 11) is -2.63. The second kappa shape index (κ2) is 9.80. The number of nitriles is 1. The summed E-state index contributed by atoms with van der Waals surface area (Å²) in [6.45, 7) is 1.93. The van der Waals surface area contributed by atoms with E-state index in [4.69, 9.17) is 5.26 Å². The van der Waals surface area contributed by atoms with Crippen LogP contribution in [0.25, 0.3) is 5.52 Å². The van der Waals surface area contributed by atoms with Crippen molar-refractivity contribution in [3.05, 3.63) is 94.1 Å². The Morgan fingerprint density at radius 2 is 2.00 bits per heavy atom. The zero-order valence-electron chi connectivity index (χ0n) is 19.2. The van der Waals surface area contributed by atoms with E-state index in [0.717, 1.165) is 11.6 Å². The van der Waals surface area contributed by atoms with Gasteiger partial charge in [-0.2, -0.15) is 28.7 Å². The van der Waals surface area contributed by atoms with E-state index in [0.29, 0.717) is 28.9 Å². The number of sulfonamides is 1. The van der Waals surface area contributed by atoms with Crippen molar-refractivity contribution in [3.8, 4) is 6.07 Å². The molecule has 12 nitrogen and oxygen atoms in total. The first-order valence-electron chi connectivity index (χ1n) is 10.5. The summed E-state index contributed by atoms with van der Waals surface area (Å²) >= 11 is 0. The van der Waals surface area contributed by atoms with Crippen molar-refractivity contribution in [2.75, 3.05) is 11.9 Å². The molecule has 1 N–H and O–H groups in total. The van der Waals surface area contributed by atoms with Crippen LogP contribution >= 0.6 is 0 Å². The average Bonchev–Trinajstić information content (AvgIpc) is 3.30. The van der Waals surface area contributed by atoms with E-state index < -0.39 is 14.9 Å². The molecule has 0 aliphatic rings. The van der Waals surface area contributed by atoms with Gasteiger partial charge < -0.3 is 4.90 Å². The molecule has 36 heavy (non-hydrogen) atoms.